The predicted octanol–water partition coefficient (Wildman–Crippen LogP) is 4.06. The number of fused-ring (bicyclic) bond motifs is 1. The normalized spacial score (nSPS) is 22.8. The molecule has 0 fully saturated rings. The van der Waals surface area contributed by atoms with Gasteiger partial charge < -0.3 is 15.1 Å². The maximum atomic E-state index is 5.43. The molecule has 0 spiro atoms. The number of methoxy groups -OCH3 is 1. The van der Waals surface area contributed by atoms with E-state index in [1.165, 1.54) is 11.1 Å². The molecule has 3 rings (SSSR count). The monoisotopic (exact) mass is 323 g/mol. The molecule has 2 aromatic carbocycles. The molecule has 1 N–H and O–H groups in total. The zero-order valence-electron chi connectivity index (χ0n) is 14.8. The molecular formula is C20H25N3O. The Bertz CT molecular complexity index is 727. The van der Waals surface area contributed by atoms with Crippen LogP contribution < -0.4 is 10.1 Å². The minimum absolute atomic E-state index is 0.167. The van der Waals surface area contributed by atoms with E-state index in [0.29, 0.717) is 0 Å². The quantitative estimate of drug-likeness (QED) is 0.681. The van der Waals surface area contributed by atoms with Gasteiger partial charge in [0.05, 0.1) is 13.2 Å². The van der Waals surface area contributed by atoms with Crippen LogP contribution in [0, 0.1) is 0 Å². The predicted molar refractivity (Wildman–Crippen MR) is 99.9 cm³/mol. The Morgan fingerprint density at radius 3 is 2.62 bits per heavy atom. The lowest BCUT2D eigenvalue weighted by Gasteiger charge is -2.39. The summed E-state index contributed by atoms with van der Waals surface area (Å²) in [5.41, 5.74) is 3.49. The minimum Gasteiger partial charge on any atom is -0.497 e. The van der Waals surface area contributed by atoms with Gasteiger partial charge in [0.1, 0.15) is 5.75 Å². The summed E-state index contributed by atoms with van der Waals surface area (Å²) in [5.74, 6) is 0.873. The Labute approximate surface area is 144 Å². The van der Waals surface area contributed by atoms with Gasteiger partial charge in [-0.05, 0) is 35.7 Å². The molecule has 1 aliphatic rings. The van der Waals surface area contributed by atoms with Crippen LogP contribution in [-0.2, 0) is 5.41 Å². The van der Waals surface area contributed by atoms with Gasteiger partial charge in [-0.25, -0.2) is 0 Å². The van der Waals surface area contributed by atoms with Crippen molar-refractivity contribution in [3.05, 3.63) is 59.7 Å². The first-order valence-corrected chi connectivity index (χ1v) is 8.24. The molecule has 2 atom stereocenters. The van der Waals surface area contributed by atoms with Gasteiger partial charge in [-0.15, -0.1) is 0 Å². The fourth-order valence-electron chi connectivity index (χ4n) is 3.27. The lowest BCUT2D eigenvalue weighted by atomic mass is 9.73. The standard InChI is InChI=1S/C20H25N3O/c1-20(14-21-23(2)3)13-19(15-8-6-5-7-9-15)22-18-11-10-16(24-4)12-17(18)20/h5-12,14,19,22H,13H2,1-4H3/b21-14+/t19-,20+/m0/s1. The molecule has 0 saturated heterocycles. The average molecular weight is 323 g/mol. The number of hydrogen-bond acceptors (Lipinski definition) is 4. The molecule has 1 aliphatic heterocycles. The third-order valence-corrected chi connectivity index (χ3v) is 4.58. The summed E-state index contributed by atoms with van der Waals surface area (Å²) < 4.78 is 5.43. The largest absolute Gasteiger partial charge is 0.497 e. The highest BCUT2D eigenvalue weighted by Crippen LogP contribution is 2.44. The van der Waals surface area contributed by atoms with E-state index in [4.69, 9.17) is 4.74 Å². The zero-order chi connectivity index (χ0) is 17.2. The molecule has 0 bridgehead atoms. The molecule has 0 saturated carbocycles. The second-order valence-corrected chi connectivity index (χ2v) is 6.73. The van der Waals surface area contributed by atoms with E-state index in [1.54, 1.807) is 7.11 Å². The second kappa shape index (κ2) is 6.56. The lowest BCUT2D eigenvalue weighted by Crippen LogP contribution is -2.35. The van der Waals surface area contributed by atoms with Crippen LogP contribution in [0.2, 0.25) is 0 Å². The maximum Gasteiger partial charge on any atom is 0.119 e. The maximum absolute atomic E-state index is 5.43. The number of nitrogens with one attached hydrogen (secondary N) is 1. The number of anilines is 1. The van der Waals surface area contributed by atoms with E-state index in [9.17, 15) is 0 Å². The highest BCUT2D eigenvalue weighted by Gasteiger charge is 2.36. The Kier molecular flexibility index (Phi) is 4.47. The van der Waals surface area contributed by atoms with Gasteiger partial charge in [0, 0.05) is 31.4 Å². The molecule has 0 aromatic heterocycles. The van der Waals surface area contributed by atoms with Gasteiger partial charge in [-0.1, -0.05) is 37.3 Å². The molecule has 4 nitrogen and oxygen atoms in total. The van der Waals surface area contributed by atoms with Gasteiger partial charge in [0.2, 0.25) is 0 Å². The highest BCUT2D eigenvalue weighted by molar-refractivity contribution is 5.79. The Hall–Kier alpha value is -2.49. The van der Waals surface area contributed by atoms with Crippen molar-refractivity contribution in [2.24, 2.45) is 5.10 Å². The Balaban J connectivity index is 2.05. The molecular weight excluding hydrogens is 298 g/mol. The number of ether oxygens (including phenoxy) is 1. The molecule has 0 aliphatic carbocycles. The first-order chi connectivity index (χ1) is 11.5. The van der Waals surface area contributed by atoms with Gasteiger partial charge >= 0.3 is 0 Å². The van der Waals surface area contributed by atoms with Crippen LogP contribution in [0.1, 0.15) is 30.5 Å². The summed E-state index contributed by atoms with van der Waals surface area (Å²) >= 11 is 0. The van der Waals surface area contributed by atoms with E-state index in [0.717, 1.165) is 17.9 Å². The van der Waals surface area contributed by atoms with E-state index in [-0.39, 0.29) is 11.5 Å². The van der Waals surface area contributed by atoms with Crippen LogP contribution in [0.15, 0.2) is 53.6 Å². The van der Waals surface area contributed by atoms with E-state index >= 15 is 0 Å². The summed E-state index contributed by atoms with van der Waals surface area (Å²) in [7, 11) is 5.60. The van der Waals surface area contributed by atoms with Crippen molar-refractivity contribution in [2.75, 3.05) is 26.5 Å². The van der Waals surface area contributed by atoms with Crippen LogP contribution in [0.3, 0.4) is 0 Å². The fourth-order valence-corrected chi connectivity index (χ4v) is 3.27. The summed E-state index contributed by atoms with van der Waals surface area (Å²) in [6.07, 6.45) is 3.00. The third-order valence-electron chi connectivity index (χ3n) is 4.58. The van der Waals surface area contributed by atoms with Crippen LogP contribution in [0.25, 0.3) is 0 Å². The first-order valence-electron chi connectivity index (χ1n) is 8.24. The van der Waals surface area contributed by atoms with Gasteiger partial charge in [0.15, 0.2) is 0 Å². The topological polar surface area (TPSA) is 36.9 Å². The zero-order valence-corrected chi connectivity index (χ0v) is 14.8. The molecule has 0 unspecified atom stereocenters. The summed E-state index contributed by atoms with van der Waals surface area (Å²) in [6.45, 7) is 2.25. The smallest absolute Gasteiger partial charge is 0.119 e. The van der Waals surface area contributed by atoms with E-state index < -0.39 is 0 Å². The van der Waals surface area contributed by atoms with Crippen molar-refractivity contribution in [2.45, 2.75) is 24.8 Å². The molecule has 0 amide bonds. The van der Waals surface area contributed by atoms with Crippen LogP contribution in [0.4, 0.5) is 5.69 Å². The number of nitrogens with zero attached hydrogens (tertiary/aromatic N) is 2. The minimum atomic E-state index is -0.167. The molecule has 2 aromatic rings. The first kappa shape index (κ1) is 16.4. The van der Waals surface area contributed by atoms with Crippen molar-refractivity contribution < 1.29 is 4.74 Å². The average Bonchev–Trinajstić information content (AvgIpc) is 2.60. The summed E-state index contributed by atoms with van der Waals surface area (Å²) in [6, 6.07) is 17.1. The lowest BCUT2D eigenvalue weighted by molar-refractivity contribution is 0.410. The summed E-state index contributed by atoms with van der Waals surface area (Å²) in [4.78, 5) is 0. The van der Waals surface area contributed by atoms with Crippen LogP contribution >= 0.6 is 0 Å². The van der Waals surface area contributed by atoms with Crippen molar-refractivity contribution in [1.82, 2.24) is 5.01 Å². The second-order valence-electron chi connectivity index (χ2n) is 6.73. The van der Waals surface area contributed by atoms with Crippen molar-refractivity contribution >= 4 is 11.9 Å². The van der Waals surface area contributed by atoms with Gasteiger partial charge in [-0.2, -0.15) is 5.10 Å². The molecule has 4 heteroatoms. The SMILES string of the molecule is COc1ccc2c(c1)[C@@](C)(/C=N/N(C)C)C[C@@H](c1ccccc1)N2. The van der Waals surface area contributed by atoms with Gasteiger partial charge in [-0.3, -0.25) is 0 Å². The van der Waals surface area contributed by atoms with Crippen LogP contribution in [-0.4, -0.2) is 32.4 Å². The highest BCUT2D eigenvalue weighted by atomic mass is 16.5. The number of rotatable bonds is 4. The Morgan fingerprint density at radius 2 is 1.96 bits per heavy atom. The Morgan fingerprint density at radius 1 is 1.21 bits per heavy atom. The van der Waals surface area contributed by atoms with Crippen LogP contribution in [0.5, 0.6) is 5.75 Å². The van der Waals surface area contributed by atoms with Crippen molar-refractivity contribution in [1.29, 1.82) is 0 Å². The number of benzene rings is 2. The number of hydrazone groups is 1. The van der Waals surface area contributed by atoms with Crippen molar-refractivity contribution in [3.63, 3.8) is 0 Å². The fraction of sp³-hybridized carbons (Fsp3) is 0.350. The molecule has 24 heavy (non-hydrogen) atoms. The molecule has 0 radical (unpaired) electrons. The van der Waals surface area contributed by atoms with Crippen molar-refractivity contribution in [3.8, 4) is 5.75 Å². The van der Waals surface area contributed by atoms with Gasteiger partial charge in [0.25, 0.3) is 0 Å². The molecule has 126 valence electrons. The summed E-state index contributed by atoms with van der Waals surface area (Å²) in [5, 5.41) is 10.1. The van der Waals surface area contributed by atoms with E-state index in [1.807, 2.05) is 25.2 Å². The number of hydrogen-bond donors (Lipinski definition) is 1. The molecule has 1 heterocycles. The third kappa shape index (κ3) is 3.23. The van der Waals surface area contributed by atoms with E-state index in [2.05, 4.69) is 66.0 Å².